The molecule has 1 unspecified atom stereocenters. The molecule has 0 aliphatic rings. The molecule has 0 radical (unpaired) electrons. The van der Waals surface area contributed by atoms with Gasteiger partial charge in [0.1, 0.15) is 6.10 Å². The number of halogens is 1. The molecule has 2 rings (SSSR count). The van der Waals surface area contributed by atoms with Gasteiger partial charge in [0.25, 0.3) is 0 Å². The molecular weight excluding hydrogens is 272 g/mol. The molecule has 0 amide bonds. The molecule has 1 N–H and O–H groups in total. The van der Waals surface area contributed by atoms with Crippen molar-refractivity contribution in [3.05, 3.63) is 51.3 Å². The lowest BCUT2D eigenvalue weighted by molar-refractivity contribution is 0.203. The van der Waals surface area contributed by atoms with Crippen LogP contribution in [0.1, 0.15) is 53.9 Å². The average Bonchev–Trinajstić information content (AvgIpc) is 2.69. The van der Waals surface area contributed by atoms with Gasteiger partial charge in [-0.05, 0) is 51.3 Å². The number of benzene rings is 1. The van der Waals surface area contributed by atoms with E-state index < -0.39 is 6.10 Å². The van der Waals surface area contributed by atoms with Crippen LogP contribution in [0.5, 0.6) is 0 Å². The maximum atomic E-state index is 10.8. The zero-order valence-corrected chi connectivity index (χ0v) is 13.4. The van der Waals surface area contributed by atoms with Gasteiger partial charge in [-0.1, -0.05) is 29.3 Å². The maximum Gasteiger partial charge on any atom is 0.123 e. The highest BCUT2D eigenvalue weighted by Gasteiger charge is 2.24. The van der Waals surface area contributed by atoms with E-state index in [4.69, 9.17) is 11.6 Å². The number of nitrogens with zero attached hydrogens (tertiary/aromatic N) is 2. The molecule has 1 aromatic heterocycles. The van der Waals surface area contributed by atoms with Crippen LogP contribution in [0.3, 0.4) is 0 Å². The first-order valence-corrected chi connectivity index (χ1v) is 7.19. The summed E-state index contributed by atoms with van der Waals surface area (Å²) < 4.78 is 1.78. The van der Waals surface area contributed by atoms with Crippen molar-refractivity contribution in [2.24, 2.45) is 0 Å². The van der Waals surface area contributed by atoms with Gasteiger partial charge >= 0.3 is 0 Å². The second-order valence-corrected chi connectivity index (χ2v) is 6.04. The minimum absolute atomic E-state index is 0.151. The summed E-state index contributed by atoms with van der Waals surface area (Å²) in [6.07, 6.45) is 0.840. The van der Waals surface area contributed by atoms with Crippen LogP contribution in [0.25, 0.3) is 0 Å². The molecule has 108 valence electrons. The van der Waals surface area contributed by atoms with Crippen molar-refractivity contribution >= 4 is 11.6 Å². The standard InChI is InChI=1S/C16H21ClN2O/c1-9(2)19-15(13(17)8-18-19)16(20)14-11(4)6-10(3)7-12(14)5/h6-9,16,20H,1-5H3. The van der Waals surface area contributed by atoms with Gasteiger partial charge in [-0.25, -0.2) is 0 Å². The van der Waals surface area contributed by atoms with Gasteiger partial charge in [-0.15, -0.1) is 0 Å². The molecule has 0 saturated carbocycles. The normalized spacial score (nSPS) is 13.0. The van der Waals surface area contributed by atoms with Gasteiger partial charge in [-0.2, -0.15) is 5.10 Å². The third kappa shape index (κ3) is 2.60. The molecule has 20 heavy (non-hydrogen) atoms. The van der Waals surface area contributed by atoms with Gasteiger partial charge in [0, 0.05) is 6.04 Å². The summed E-state index contributed by atoms with van der Waals surface area (Å²) in [6.45, 7) is 10.1. The Balaban J connectivity index is 2.58. The minimum Gasteiger partial charge on any atom is -0.382 e. The first-order valence-electron chi connectivity index (χ1n) is 6.81. The fraction of sp³-hybridized carbons (Fsp3) is 0.438. The van der Waals surface area contributed by atoms with E-state index in [2.05, 4.69) is 24.2 Å². The van der Waals surface area contributed by atoms with Gasteiger partial charge in [0.05, 0.1) is 16.9 Å². The van der Waals surface area contributed by atoms with Gasteiger partial charge < -0.3 is 5.11 Å². The van der Waals surface area contributed by atoms with Crippen molar-refractivity contribution in [2.75, 3.05) is 0 Å². The maximum absolute atomic E-state index is 10.8. The van der Waals surface area contributed by atoms with Crippen LogP contribution in [0, 0.1) is 20.8 Å². The topological polar surface area (TPSA) is 38.1 Å². The molecule has 1 heterocycles. The molecule has 0 aliphatic heterocycles. The number of hydrogen-bond donors (Lipinski definition) is 1. The van der Waals surface area contributed by atoms with E-state index in [1.165, 1.54) is 5.56 Å². The Morgan fingerprint density at radius 2 is 1.70 bits per heavy atom. The molecular formula is C16H21ClN2O. The molecule has 1 atom stereocenters. The third-order valence-electron chi connectivity index (χ3n) is 3.55. The van der Waals surface area contributed by atoms with E-state index in [0.29, 0.717) is 10.7 Å². The fourth-order valence-corrected chi connectivity index (χ4v) is 3.01. The highest BCUT2D eigenvalue weighted by atomic mass is 35.5. The highest BCUT2D eigenvalue weighted by Crippen LogP contribution is 2.33. The monoisotopic (exact) mass is 292 g/mol. The minimum atomic E-state index is -0.756. The molecule has 1 aromatic carbocycles. The predicted molar refractivity (Wildman–Crippen MR) is 82.3 cm³/mol. The van der Waals surface area contributed by atoms with E-state index in [1.54, 1.807) is 10.9 Å². The van der Waals surface area contributed by atoms with Crippen LogP contribution in [-0.2, 0) is 0 Å². The zero-order chi connectivity index (χ0) is 15.0. The first kappa shape index (κ1) is 15.1. The smallest absolute Gasteiger partial charge is 0.123 e. The Bertz CT molecular complexity index is 608. The summed E-state index contributed by atoms with van der Waals surface area (Å²) in [6, 6.07) is 4.31. The van der Waals surface area contributed by atoms with Crippen LogP contribution < -0.4 is 0 Å². The van der Waals surface area contributed by atoms with Crippen LogP contribution in [0.2, 0.25) is 5.02 Å². The Morgan fingerprint density at radius 3 is 2.20 bits per heavy atom. The highest BCUT2D eigenvalue weighted by molar-refractivity contribution is 6.31. The van der Waals surface area contributed by atoms with Crippen molar-refractivity contribution < 1.29 is 5.11 Å². The Hall–Kier alpha value is -1.32. The van der Waals surface area contributed by atoms with Crippen LogP contribution in [-0.4, -0.2) is 14.9 Å². The molecule has 4 heteroatoms. The number of aryl methyl sites for hydroxylation is 3. The molecule has 2 aromatic rings. The lowest BCUT2D eigenvalue weighted by Gasteiger charge is -2.20. The van der Waals surface area contributed by atoms with Crippen molar-refractivity contribution in [3.63, 3.8) is 0 Å². The summed E-state index contributed by atoms with van der Waals surface area (Å²) in [4.78, 5) is 0. The second-order valence-electron chi connectivity index (χ2n) is 5.63. The molecule has 0 spiro atoms. The van der Waals surface area contributed by atoms with Crippen molar-refractivity contribution in [1.29, 1.82) is 0 Å². The van der Waals surface area contributed by atoms with Crippen molar-refractivity contribution in [2.45, 2.75) is 46.8 Å². The average molecular weight is 293 g/mol. The van der Waals surface area contributed by atoms with Gasteiger partial charge in [-0.3, -0.25) is 4.68 Å². The molecule has 3 nitrogen and oxygen atoms in total. The summed E-state index contributed by atoms with van der Waals surface area (Å²) >= 11 is 6.23. The zero-order valence-electron chi connectivity index (χ0n) is 12.6. The molecule has 0 bridgehead atoms. The Morgan fingerprint density at radius 1 is 1.15 bits per heavy atom. The Labute approximate surface area is 125 Å². The number of rotatable bonds is 3. The number of aliphatic hydroxyl groups is 1. The SMILES string of the molecule is Cc1cc(C)c(C(O)c2c(Cl)cnn2C(C)C)c(C)c1. The van der Waals surface area contributed by atoms with Crippen molar-refractivity contribution in [3.8, 4) is 0 Å². The van der Waals surface area contributed by atoms with Crippen LogP contribution in [0.4, 0.5) is 0 Å². The van der Waals surface area contributed by atoms with E-state index in [-0.39, 0.29) is 6.04 Å². The third-order valence-corrected chi connectivity index (χ3v) is 3.84. The Kier molecular flexibility index (Phi) is 4.21. The number of aromatic nitrogens is 2. The van der Waals surface area contributed by atoms with Gasteiger partial charge in [0.15, 0.2) is 0 Å². The molecule has 0 aliphatic carbocycles. The summed E-state index contributed by atoms with van der Waals surface area (Å²) in [5.74, 6) is 0. The van der Waals surface area contributed by atoms with E-state index >= 15 is 0 Å². The molecule has 0 fully saturated rings. The number of aliphatic hydroxyl groups excluding tert-OH is 1. The summed E-state index contributed by atoms with van der Waals surface area (Å²) in [7, 11) is 0. The quantitative estimate of drug-likeness (QED) is 0.924. The van der Waals surface area contributed by atoms with Gasteiger partial charge in [0.2, 0.25) is 0 Å². The van der Waals surface area contributed by atoms with E-state index in [0.717, 1.165) is 16.7 Å². The lowest BCUT2D eigenvalue weighted by Crippen LogP contribution is -2.14. The largest absolute Gasteiger partial charge is 0.382 e. The van der Waals surface area contributed by atoms with Crippen molar-refractivity contribution in [1.82, 2.24) is 9.78 Å². The molecule has 0 saturated heterocycles. The second kappa shape index (κ2) is 5.58. The van der Waals surface area contributed by atoms with Crippen LogP contribution in [0.15, 0.2) is 18.3 Å². The number of hydrogen-bond acceptors (Lipinski definition) is 2. The van der Waals surface area contributed by atoms with Crippen LogP contribution >= 0.6 is 11.6 Å². The summed E-state index contributed by atoms with van der Waals surface area (Å²) in [5.41, 5.74) is 4.92. The lowest BCUT2D eigenvalue weighted by atomic mass is 9.94. The first-order chi connectivity index (χ1) is 9.32. The predicted octanol–water partition coefficient (Wildman–Crippen LogP) is 4.12. The fourth-order valence-electron chi connectivity index (χ4n) is 2.78. The van der Waals surface area contributed by atoms with E-state index in [9.17, 15) is 5.11 Å². The van der Waals surface area contributed by atoms with E-state index in [1.807, 2.05) is 27.7 Å². The summed E-state index contributed by atoms with van der Waals surface area (Å²) in [5, 5.41) is 15.6.